The van der Waals surface area contributed by atoms with E-state index in [2.05, 4.69) is 19.6 Å². The second kappa shape index (κ2) is 6.84. The SMILES string of the molecule is C=C[C@@]12CCc3cc(OS(=O)(=O)NC(C)=O)ccc3[C@H]1CC[C@@]1(C)[C@H]2CC[C@@H]1O. The predicted molar refractivity (Wildman–Crippen MR) is 110 cm³/mol. The second-order valence-corrected chi connectivity index (χ2v) is 10.4. The molecule has 1 aromatic carbocycles. The summed E-state index contributed by atoms with van der Waals surface area (Å²) in [7, 11) is -4.17. The lowest BCUT2D eigenvalue weighted by Crippen LogP contribution is -2.50. The van der Waals surface area contributed by atoms with Crippen molar-refractivity contribution in [1.82, 2.24) is 4.72 Å². The van der Waals surface area contributed by atoms with E-state index in [1.165, 1.54) is 5.56 Å². The summed E-state index contributed by atoms with van der Waals surface area (Å²) in [5.41, 5.74) is 2.22. The van der Waals surface area contributed by atoms with Gasteiger partial charge in [-0.25, -0.2) is 4.72 Å². The molecule has 158 valence electrons. The van der Waals surface area contributed by atoms with Crippen LogP contribution in [0.5, 0.6) is 5.75 Å². The summed E-state index contributed by atoms with van der Waals surface area (Å²) in [4.78, 5) is 11.1. The van der Waals surface area contributed by atoms with E-state index in [9.17, 15) is 18.3 Å². The molecule has 0 radical (unpaired) electrons. The molecule has 2 N–H and O–H groups in total. The van der Waals surface area contributed by atoms with Crippen LogP contribution in [0, 0.1) is 16.7 Å². The Hall–Kier alpha value is -1.86. The van der Waals surface area contributed by atoms with Crippen LogP contribution >= 0.6 is 0 Å². The van der Waals surface area contributed by atoms with Crippen molar-refractivity contribution >= 4 is 16.2 Å². The first-order valence-electron chi connectivity index (χ1n) is 10.3. The molecule has 2 fully saturated rings. The molecule has 1 amide bonds. The summed E-state index contributed by atoms with van der Waals surface area (Å²) in [6.07, 6.45) is 7.45. The van der Waals surface area contributed by atoms with E-state index in [1.807, 2.05) is 10.8 Å². The highest BCUT2D eigenvalue weighted by atomic mass is 32.2. The number of amides is 1. The van der Waals surface area contributed by atoms with E-state index in [1.54, 1.807) is 12.1 Å². The number of aliphatic hydroxyl groups is 1. The minimum absolute atomic E-state index is 0.0396. The molecule has 2 saturated carbocycles. The molecule has 0 aromatic heterocycles. The fourth-order valence-electron chi connectivity index (χ4n) is 6.45. The van der Waals surface area contributed by atoms with Crippen LogP contribution in [0.1, 0.15) is 63.0 Å². The van der Waals surface area contributed by atoms with E-state index in [0.29, 0.717) is 11.8 Å². The van der Waals surface area contributed by atoms with Gasteiger partial charge < -0.3 is 9.29 Å². The van der Waals surface area contributed by atoms with Crippen LogP contribution in [0.2, 0.25) is 0 Å². The third-order valence-electron chi connectivity index (χ3n) is 7.73. The van der Waals surface area contributed by atoms with E-state index >= 15 is 0 Å². The first kappa shape index (κ1) is 20.4. The molecule has 1 aromatic rings. The molecule has 3 aliphatic rings. The number of aliphatic hydroxyl groups excluding tert-OH is 1. The van der Waals surface area contributed by atoms with Crippen molar-refractivity contribution in [1.29, 1.82) is 0 Å². The van der Waals surface area contributed by atoms with E-state index in [-0.39, 0.29) is 22.7 Å². The predicted octanol–water partition coefficient (Wildman–Crippen LogP) is 3.22. The number of benzene rings is 1. The average molecular weight is 420 g/mol. The fourth-order valence-corrected chi connectivity index (χ4v) is 7.20. The standard InChI is InChI=1S/C22H29NO5S/c1-4-22-12-9-15-13-16(28-29(26,27)23-14(2)24)5-6-17(15)18(22)10-11-21(3)19(22)7-8-20(21)25/h4-6,13,18-20,25H,1,7-12H2,2-3H3,(H,23,24)/t18-,19-,20+,21+,22-/m1/s1. The fraction of sp³-hybridized carbons (Fsp3) is 0.591. The molecule has 0 heterocycles. The molecule has 0 aliphatic heterocycles. The molecular formula is C22H29NO5S. The van der Waals surface area contributed by atoms with Gasteiger partial charge >= 0.3 is 10.3 Å². The van der Waals surface area contributed by atoms with Crippen molar-refractivity contribution in [2.75, 3.05) is 0 Å². The highest BCUT2D eigenvalue weighted by molar-refractivity contribution is 7.85. The monoisotopic (exact) mass is 419 g/mol. The lowest BCUT2D eigenvalue weighted by Gasteiger charge is -2.57. The zero-order chi connectivity index (χ0) is 21.0. The van der Waals surface area contributed by atoms with Crippen molar-refractivity contribution in [3.8, 4) is 5.75 Å². The molecule has 0 saturated heterocycles. The molecule has 0 unspecified atom stereocenters. The van der Waals surface area contributed by atoms with Gasteiger partial charge in [-0.3, -0.25) is 4.79 Å². The molecule has 0 spiro atoms. The number of carbonyl (C=O) groups excluding carboxylic acids is 1. The number of rotatable bonds is 4. The third kappa shape index (κ3) is 3.19. The Balaban J connectivity index is 1.66. The van der Waals surface area contributed by atoms with Gasteiger partial charge in [0.25, 0.3) is 0 Å². The Morgan fingerprint density at radius 3 is 2.76 bits per heavy atom. The lowest BCUT2D eigenvalue weighted by atomic mass is 9.47. The van der Waals surface area contributed by atoms with Crippen LogP contribution in [-0.4, -0.2) is 25.5 Å². The van der Waals surface area contributed by atoms with Crippen molar-refractivity contribution in [3.63, 3.8) is 0 Å². The summed E-state index contributed by atoms with van der Waals surface area (Å²) in [6, 6.07) is 5.40. The van der Waals surface area contributed by atoms with Crippen LogP contribution in [0.25, 0.3) is 0 Å². The first-order valence-corrected chi connectivity index (χ1v) is 11.7. The topological polar surface area (TPSA) is 92.7 Å². The van der Waals surface area contributed by atoms with Crippen LogP contribution in [-0.2, 0) is 21.5 Å². The summed E-state index contributed by atoms with van der Waals surface area (Å²) in [6.45, 7) is 7.57. The number of carbonyl (C=O) groups is 1. The number of nitrogens with one attached hydrogen (secondary N) is 1. The van der Waals surface area contributed by atoms with Gasteiger partial charge in [-0.1, -0.05) is 19.1 Å². The molecule has 5 atom stereocenters. The Morgan fingerprint density at radius 1 is 1.31 bits per heavy atom. The molecule has 0 bridgehead atoms. The Bertz CT molecular complexity index is 958. The quantitative estimate of drug-likeness (QED) is 0.731. The minimum Gasteiger partial charge on any atom is -0.393 e. The molecule has 29 heavy (non-hydrogen) atoms. The molecule has 3 aliphatic carbocycles. The highest BCUT2D eigenvalue weighted by Gasteiger charge is 2.60. The molecule has 4 rings (SSSR count). The smallest absolute Gasteiger partial charge is 0.393 e. The molecule has 6 nitrogen and oxygen atoms in total. The number of hydrogen-bond acceptors (Lipinski definition) is 5. The molecule has 7 heteroatoms. The normalized spacial score (nSPS) is 35.8. The van der Waals surface area contributed by atoms with Gasteiger partial charge in [-0.15, -0.1) is 6.58 Å². The van der Waals surface area contributed by atoms with Crippen LogP contribution in [0.15, 0.2) is 30.9 Å². The summed E-state index contributed by atoms with van der Waals surface area (Å²) < 4.78 is 30.7. The van der Waals surface area contributed by atoms with Gasteiger partial charge in [-0.05, 0) is 84.5 Å². The Morgan fingerprint density at radius 2 is 2.07 bits per heavy atom. The lowest BCUT2D eigenvalue weighted by molar-refractivity contribution is -0.117. The number of aryl methyl sites for hydroxylation is 1. The maximum Gasteiger partial charge on any atom is 0.409 e. The van der Waals surface area contributed by atoms with Gasteiger partial charge in [0.15, 0.2) is 0 Å². The van der Waals surface area contributed by atoms with Crippen LogP contribution < -0.4 is 8.91 Å². The van der Waals surface area contributed by atoms with Crippen molar-refractivity contribution < 1.29 is 22.5 Å². The average Bonchev–Trinajstić information content (AvgIpc) is 2.95. The summed E-state index contributed by atoms with van der Waals surface area (Å²) in [5, 5.41) is 10.6. The maximum atomic E-state index is 11.9. The third-order valence-corrected chi connectivity index (χ3v) is 8.68. The largest absolute Gasteiger partial charge is 0.409 e. The van der Waals surface area contributed by atoms with Crippen LogP contribution in [0.4, 0.5) is 0 Å². The zero-order valence-electron chi connectivity index (χ0n) is 17.0. The number of hydrogen-bond donors (Lipinski definition) is 2. The van der Waals surface area contributed by atoms with Crippen molar-refractivity contribution in [3.05, 3.63) is 42.0 Å². The summed E-state index contributed by atoms with van der Waals surface area (Å²) in [5.74, 6) is 0.238. The van der Waals surface area contributed by atoms with E-state index < -0.39 is 16.2 Å². The van der Waals surface area contributed by atoms with Gasteiger partial charge in [-0.2, -0.15) is 8.42 Å². The molecular weight excluding hydrogens is 390 g/mol. The summed E-state index contributed by atoms with van der Waals surface area (Å²) >= 11 is 0. The van der Waals surface area contributed by atoms with Crippen molar-refractivity contribution in [2.45, 2.75) is 64.4 Å². The Labute approximate surface area is 172 Å². The van der Waals surface area contributed by atoms with Gasteiger partial charge in [0, 0.05) is 6.92 Å². The van der Waals surface area contributed by atoms with Gasteiger partial charge in [0.2, 0.25) is 5.91 Å². The second-order valence-electron chi connectivity index (χ2n) is 9.12. The highest BCUT2D eigenvalue weighted by Crippen LogP contribution is 2.67. The van der Waals surface area contributed by atoms with E-state index in [4.69, 9.17) is 4.18 Å². The first-order chi connectivity index (χ1) is 13.6. The number of fused-ring (bicyclic) bond motifs is 5. The Kier molecular flexibility index (Phi) is 4.82. The minimum atomic E-state index is -4.17. The van der Waals surface area contributed by atoms with Gasteiger partial charge in [0.05, 0.1) is 6.10 Å². The zero-order valence-corrected chi connectivity index (χ0v) is 17.8. The van der Waals surface area contributed by atoms with Gasteiger partial charge in [0.1, 0.15) is 5.75 Å². The van der Waals surface area contributed by atoms with Crippen molar-refractivity contribution in [2.24, 2.45) is 16.7 Å². The van der Waals surface area contributed by atoms with E-state index in [0.717, 1.165) is 51.0 Å². The number of allylic oxidation sites excluding steroid dienone is 1. The maximum absolute atomic E-state index is 11.9. The van der Waals surface area contributed by atoms with Crippen LogP contribution in [0.3, 0.4) is 0 Å².